The fourth-order valence-corrected chi connectivity index (χ4v) is 3.94. The second kappa shape index (κ2) is 13.7. The van der Waals surface area contributed by atoms with Gasteiger partial charge in [-0.15, -0.1) is 0 Å². The Morgan fingerprint density at radius 1 is 1.12 bits per heavy atom. The number of likely N-dealkylation sites (N-methyl/N-ethyl adjacent to an activating group) is 1. The molecule has 0 atom stereocenters. The van der Waals surface area contributed by atoms with Crippen LogP contribution in [0.25, 0.3) is 0 Å². The first-order valence-electron chi connectivity index (χ1n) is 11.5. The summed E-state index contributed by atoms with van der Waals surface area (Å²) in [5.74, 6) is -0.438. The van der Waals surface area contributed by atoms with Crippen molar-refractivity contribution in [2.24, 2.45) is 0 Å². The number of hydrogen-bond acceptors (Lipinski definition) is 4. The van der Waals surface area contributed by atoms with Gasteiger partial charge < -0.3 is 20.3 Å². The summed E-state index contributed by atoms with van der Waals surface area (Å²) in [5.41, 5.74) is 4.47. The van der Waals surface area contributed by atoms with Crippen molar-refractivity contribution in [1.82, 2.24) is 15.5 Å². The Kier molecular flexibility index (Phi) is 11.8. The minimum atomic E-state index is -0.227. The zero-order valence-electron chi connectivity index (χ0n) is 20.8. The predicted octanol–water partition coefficient (Wildman–Crippen LogP) is 4.39. The van der Waals surface area contributed by atoms with Crippen LogP contribution in [-0.2, 0) is 14.3 Å². The second-order valence-corrected chi connectivity index (χ2v) is 8.08. The van der Waals surface area contributed by atoms with Crippen LogP contribution >= 0.6 is 0 Å². The SMILES string of the molecule is C=C/C(=C(C)\C(=C/C)C(=O)NC/C(C(=O)NC(=C)C)=C(/C)CC)N(CC)C1CCOCC1. The third-order valence-electron chi connectivity index (χ3n) is 5.87. The first-order chi connectivity index (χ1) is 15.2. The summed E-state index contributed by atoms with van der Waals surface area (Å²) >= 11 is 0. The number of nitrogens with one attached hydrogen (secondary N) is 2. The van der Waals surface area contributed by atoms with Crippen molar-refractivity contribution in [3.8, 4) is 0 Å². The molecular weight excluding hydrogens is 402 g/mol. The third-order valence-corrected chi connectivity index (χ3v) is 5.87. The zero-order chi connectivity index (χ0) is 24.3. The van der Waals surface area contributed by atoms with Crippen molar-refractivity contribution in [2.45, 2.75) is 66.8 Å². The van der Waals surface area contributed by atoms with Gasteiger partial charge in [-0.25, -0.2) is 0 Å². The minimum Gasteiger partial charge on any atom is -0.381 e. The van der Waals surface area contributed by atoms with Crippen LogP contribution in [0, 0.1) is 0 Å². The largest absolute Gasteiger partial charge is 0.381 e. The van der Waals surface area contributed by atoms with Crippen molar-refractivity contribution >= 4 is 11.8 Å². The number of carbonyl (C=O) groups is 2. The lowest BCUT2D eigenvalue weighted by molar-refractivity contribution is -0.117. The normalized spacial score (nSPS) is 16.5. The van der Waals surface area contributed by atoms with Crippen molar-refractivity contribution in [3.63, 3.8) is 0 Å². The van der Waals surface area contributed by atoms with Crippen molar-refractivity contribution in [1.29, 1.82) is 0 Å². The maximum atomic E-state index is 13.1. The van der Waals surface area contributed by atoms with Crippen molar-refractivity contribution < 1.29 is 14.3 Å². The molecule has 32 heavy (non-hydrogen) atoms. The lowest BCUT2D eigenvalue weighted by Crippen LogP contribution is -2.39. The number of amides is 2. The average molecular weight is 444 g/mol. The number of nitrogens with zero attached hydrogens (tertiary/aromatic N) is 1. The predicted molar refractivity (Wildman–Crippen MR) is 132 cm³/mol. The van der Waals surface area contributed by atoms with Crippen molar-refractivity contribution in [2.75, 3.05) is 26.3 Å². The van der Waals surface area contributed by atoms with Gasteiger partial charge in [0.05, 0.1) is 0 Å². The van der Waals surface area contributed by atoms with Crippen LogP contribution in [0.3, 0.4) is 0 Å². The van der Waals surface area contributed by atoms with Gasteiger partial charge in [-0.2, -0.15) is 0 Å². The fourth-order valence-electron chi connectivity index (χ4n) is 3.94. The molecule has 2 N–H and O–H groups in total. The Bertz CT molecular complexity index is 799. The number of rotatable bonds is 11. The highest BCUT2D eigenvalue weighted by Crippen LogP contribution is 2.25. The zero-order valence-corrected chi connectivity index (χ0v) is 20.8. The second-order valence-electron chi connectivity index (χ2n) is 8.08. The van der Waals surface area contributed by atoms with Gasteiger partial charge in [0, 0.05) is 54.9 Å². The lowest BCUT2D eigenvalue weighted by atomic mass is 9.99. The highest BCUT2D eigenvalue weighted by atomic mass is 16.5. The van der Waals surface area contributed by atoms with Crippen LogP contribution in [0.15, 0.2) is 59.0 Å². The van der Waals surface area contributed by atoms with E-state index in [2.05, 4.69) is 35.6 Å². The molecule has 0 aromatic heterocycles. The summed E-state index contributed by atoms with van der Waals surface area (Å²) in [5, 5.41) is 5.67. The fraction of sp³-hybridized carbons (Fsp3) is 0.538. The van der Waals surface area contributed by atoms with Crippen LogP contribution in [0.4, 0.5) is 0 Å². The quantitative estimate of drug-likeness (QED) is 0.367. The van der Waals surface area contributed by atoms with E-state index in [1.54, 1.807) is 6.92 Å². The maximum Gasteiger partial charge on any atom is 0.253 e. The number of allylic oxidation sites excluding steroid dienone is 4. The monoisotopic (exact) mass is 443 g/mol. The molecule has 1 fully saturated rings. The number of ether oxygens (including phenoxy) is 1. The number of hydrogen-bond donors (Lipinski definition) is 2. The molecule has 0 radical (unpaired) electrons. The Hall–Kier alpha value is -2.60. The van der Waals surface area contributed by atoms with Crippen LogP contribution in [0.1, 0.15) is 60.8 Å². The standard InChI is InChI=1S/C26H41N3O3/c1-9-19(7)23(26(31)28-18(5)6)17-27-25(30)22(10-2)20(8)24(11-3)29(12-4)21-13-15-32-16-14-21/h10-11,21H,3,5,9,12-17H2,1-2,4,6-8H3,(H,27,30)(H,28,31)/b22-10+,23-19+,24-20+. The van der Waals surface area contributed by atoms with Gasteiger partial charge in [-0.3, -0.25) is 9.59 Å². The molecule has 1 aliphatic heterocycles. The molecule has 1 rings (SSSR count). The van der Waals surface area contributed by atoms with Crippen LogP contribution in [0.5, 0.6) is 0 Å². The Morgan fingerprint density at radius 2 is 1.75 bits per heavy atom. The van der Waals surface area contributed by atoms with Crippen LogP contribution < -0.4 is 10.6 Å². The van der Waals surface area contributed by atoms with E-state index in [4.69, 9.17) is 4.74 Å². The summed E-state index contributed by atoms with van der Waals surface area (Å²) in [6, 6.07) is 0.366. The van der Waals surface area contributed by atoms with E-state index in [-0.39, 0.29) is 18.4 Å². The molecule has 6 heteroatoms. The van der Waals surface area contributed by atoms with E-state index in [0.29, 0.717) is 22.9 Å². The van der Waals surface area contributed by atoms with Gasteiger partial charge in [-0.05, 0) is 65.5 Å². The highest BCUT2D eigenvalue weighted by Gasteiger charge is 2.24. The molecule has 6 nitrogen and oxygen atoms in total. The molecule has 0 unspecified atom stereocenters. The summed E-state index contributed by atoms with van der Waals surface area (Å²) < 4.78 is 5.51. The van der Waals surface area contributed by atoms with E-state index < -0.39 is 0 Å². The molecule has 1 aliphatic rings. The maximum absolute atomic E-state index is 13.1. The van der Waals surface area contributed by atoms with Gasteiger partial charge >= 0.3 is 0 Å². The van der Waals surface area contributed by atoms with Crippen LogP contribution in [0.2, 0.25) is 0 Å². The molecule has 1 heterocycles. The molecule has 0 aromatic rings. The lowest BCUT2D eigenvalue weighted by Gasteiger charge is -2.37. The topological polar surface area (TPSA) is 70.7 Å². The Labute approximate surface area is 194 Å². The summed E-state index contributed by atoms with van der Waals surface area (Å²) in [6.45, 7) is 21.8. The molecule has 0 aromatic carbocycles. The molecular formula is C26H41N3O3. The van der Waals surface area contributed by atoms with E-state index >= 15 is 0 Å². The Balaban J connectivity index is 3.11. The first kappa shape index (κ1) is 27.4. The molecule has 0 bridgehead atoms. The minimum absolute atomic E-state index is 0.156. The van der Waals surface area contributed by atoms with E-state index in [0.717, 1.165) is 55.9 Å². The van der Waals surface area contributed by atoms with Gasteiger partial charge in [0.1, 0.15) is 0 Å². The van der Waals surface area contributed by atoms with Crippen molar-refractivity contribution in [3.05, 3.63) is 59.0 Å². The summed E-state index contributed by atoms with van der Waals surface area (Å²) in [6.07, 6.45) is 6.28. The first-order valence-corrected chi connectivity index (χ1v) is 11.5. The van der Waals surface area contributed by atoms with Gasteiger partial charge in [0.15, 0.2) is 0 Å². The molecule has 1 saturated heterocycles. The smallest absolute Gasteiger partial charge is 0.253 e. The highest BCUT2D eigenvalue weighted by molar-refractivity contribution is 6.00. The van der Waals surface area contributed by atoms with E-state index in [9.17, 15) is 9.59 Å². The Morgan fingerprint density at radius 3 is 2.22 bits per heavy atom. The molecule has 0 aliphatic carbocycles. The molecule has 178 valence electrons. The molecule has 0 saturated carbocycles. The summed E-state index contributed by atoms with van der Waals surface area (Å²) in [7, 11) is 0. The molecule has 0 spiro atoms. The third kappa shape index (κ3) is 7.52. The van der Waals surface area contributed by atoms with E-state index in [1.165, 1.54) is 0 Å². The van der Waals surface area contributed by atoms with Gasteiger partial charge in [0.25, 0.3) is 11.8 Å². The average Bonchev–Trinajstić information content (AvgIpc) is 2.77. The van der Waals surface area contributed by atoms with Crippen LogP contribution in [-0.4, -0.2) is 49.1 Å². The van der Waals surface area contributed by atoms with Gasteiger partial charge in [-0.1, -0.05) is 31.7 Å². The molecule has 2 amide bonds. The summed E-state index contributed by atoms with van der Waals surface area (Å²) in [4.78, 5) is 28.0. The number of carbonyl (C=O) groups excluding carboxylic acids is 2. The van der Waals surface area contributed by atoms with Gasteiger partial charge in [0.2, 0.25) is 0 Å². The van der Waals surface area contributed by atoms with E-state index in [1.807, 2.05) is 39.8 Å².